The molecule has 1 aliphatic heterocycles. The molecule has 0 unspecified atom stereocenters. The van der Waals surface area contributed by atoms with Crippen molar-refractivity contribution in [2.45, 2.75) is 9.92 Å². The molecule has 4 rings (SSSR count). The second kappa shape index (κ2) is 6.94. The minimum absolute atomic E-state index is 0.0135. The van der Waals surface area contributed by atoms with E-state index in [-0.39, 0.29) is 9.92 Å². The molecule has 2 heterocycles. The monoisotopic (exact) mass is 433 g/mol. The number of rotatable bonds is 3. The van der Waals surface area contributed by atoms with Crippen LogP contribution in [-0.2, 0) is 14.6 Å². The molecule has 0 saturated carbocycles. The molecular weight excluding hydrogens is 418 g/mol. The summed E-state index contributed by atoms with van der Waals surface area (Å²) in [7, 11) is -3.80. The number of fused-ring (bicyclic) bond motifs is 1. The van der Waals surface area contributed by atoms with E-state index in [1.165, 1.54) is 0 Å². The Kier molecular flexibility index (Phi) is 4.64. The molecule has 1 saturated heterocycles. The van der Waals surface area contributed by atoms with Gasteiger partial charge >= 0.3 is 0 Å². The lowest BCUT2D eigenvalue weighted by Crippen LogP contribution is -2.38. The molecule has 1 aliphatic rings. The largest absolute Gasteiger partial charge is 0.378 e. The zero-order valence-corrected chi connectivity index (χ0v) is 16.2. The van der Waals surface area contributed by atoms with Crippen molar-refractivity contribution in [3.63, 3.8) is 0 Å². The van der Waals surface area contributed by atoms with Crippen molar-refractivity contribution in [3.8, 4) is 0 Å². The van der Waals surface area contributed by atoms with Crippen molar-refractivity contribution < 1.29 is 13.2 Å². The molecule has 6 nitrogen and oxygen atoms in total. The Balaban J connectivity index is 1.92. The first-order chi connectivity index (χ1) is 12.6. The van der Waals surface area contributed by atoms with Crippen LogP contribution in [0.15, 0.2) is 62.9 Å². The number of morpholine rings is 1. The zero-order valence-electron chi connectivity index (χ0n) is 13.8. The van der Waals surface area contributed by atoms with Crippen LogP contribution in [0, 0.1) is 0 Å². The molecule has 3 aromatic rings. The van der Waals surface area contributed by atoms with E-state index >= 15 is 0 Å². The van der Waals surface area contributed by atoms with Crippen LogP contribution in [0.4, 0.5) is 5.82 Å². The summed E-state index contributed by atoms with van der Waals surface area (Å²) in [6.07, 6.45) is 0. The first kappa shape index (κ1) is 17.4. The van der Waals surface area contributed by atoms with Gasteiger partial charge in [-0.15, -0.1) is 0 Å². The highest BCUT2D eigenvalue weighted by molar-refractivity contribution is 9.10. The fourth-order valence-corrected chi connectivity index (χ4v) is 4.48. The third-order valence-electron chi connectivity index (χ3n) is 4.21. The number of hydrogen-bond donors (Lipinski definition) is 0. The maximum atomic E-state index is 13.3. The van der Waals surface area contributed by atoms with Gasteiger partial charge in [0, 0.05) is 17.6 Å². The summed E-state index contributed by atoms with van der Waals surface area (Å²) in [5, 5.41) is -0.0135. The van der Waals surface area contributed by atoms with Crippen LogP contribution in [0.25, 0.3) is 11.0 Å². The number of sulfone groups is 1. The molecule has 0 bridgehead atoms. The van der Waals surface area contributed by atoms with Gasteiger partial charge in [-0.25, -0.2) is 18.4 Å². The summed E-state index contributed by atoms with van der Waals surface area (Å²) < 4.78 is 32.8. The Hall–Kier alpha value is -2.03. The minimum atomic E-state index is -3.80. The highest BCUT2D eigenvalue weighted by Crippen LogP contribution is 2.30. The van der Waals surface area contributed by atoms with Gasteiger partial charge < -0.3 is 9.64 Å². The number of halogens is 1. The highest BCUT2D eigenvalue weighted by atomic mass is 79.9. The quantitative estimate of drug-likeness (QED) is 0.631. The van der Waals surface area contributed by atoms with Crippen LogP contribution in [0.1, 0.15) is 0 Å². The number of benzene rings is 2. The van der Waals surface area contributed by atoms with Gasteiger partial charge in [0.2, 0.25) is 14.9 Å². The van der Waals surface area contributed by atoms with Gasteiger partial charge in [0.25, 0.3) is 0 Å². The topological polar surface area (TPSA) is 72.4 Å². The predicted molar refractivity (Wildman–Crippen MR) is 102 cm³/mol. The third kappa shape index (κ3) is 3.20. The molecular formula is C18H16BrN3O3S. The van der Waals surface area contributed by atoms with Crippen LogP contribution in [0.5, 0.6) is 0 Å². The molecule has 0 amide bonds. The van der Waals surface area contributed by atoms with Gasteiger partial charge in [0.15, 0.2) is 5.82 Å². The number of nitrogens with zero attached hydrogens (tertiary/aromatic N) is 3. The lowest BCUT2D eigenvalue weighted by atomic mass is 10.3. The maximum absolute atomic E-state index is 13.3. The van der Waals surface area contributed by atoms with Crippen molar-refractivity contribution in [1.29, 1.82) is 0 Å². The van der Waals surface area contributed by atoms with E-state index in [4.69, 9.17) is 4.74 Å². The van der Waals surface area contributed by atoms with Gasteiger partial charge in [0.1, 0.15) is 0 Å². The molecule has 26 heavy (non-hydrogen) atoms. The normalized spacial score (nSPS) is 15.3. The number of hydrogen-bond acceptors (Lipinski definition) is 6. The molecule has 1 fully saturated rings. The van der Waals surface area contributed by atoms with E-state index < -0.39 is 9.84 Å². The van der Waals surface area contributed by atoms with Crippen molar-refractivity contribution in [3.05, 3.63) is 53.0 Å². The van der Waals surface area contributed by atoms with Crippen molar-refractivity contribution >= 4 is 42.6 Å². The van der Waals surface area contributed by atoms with Gasteiger partial charge in [-0.1, -0.05) is 28.1 Å². The van der Waals surface area contributed by atoms with Gasteiger partial charge in [-0.2, -0.15) is 0 Å². The molecule has 0 aliphatic carbocycles. The van der Waals surface area contributed by atoms with Gasteiger partial charge in [-0.3, -0.25) is 0 Å². The summed E-state index contributed by atoms with van der Waals surface area (Å²) in [4.78, 5) is 11.2. The second-order valence-corrected chi connectivity index (χ2v) is 8.68. The van der Waals surface area contributed by atoms with E-state index in [0.717, 1.165) is 4.47 Å². The summed E-state index contributed by atoms with van der Waals surface area (Å²) in [6, 6.07) is 13.8. The molecule has 8 heteroatoms. The Labute approximate surface area is 159 Å². The predicted octanol–water partition coefficient (Wildman–Crippen LogP) is 3.06. The Morgan fingerprint density at radius 3 is 2.19 bits per heavy atom. The summed E-state index contributed by atoms with van der Waals surface area (Å²) in [5.74, 6) is 0.384. The first-order valence-corrected chi connectivity index (χ1v) is 10.4. The van der Waals surface area contributed by atoms with Gasteiger partial charge in [0.05, 0.1) is 29.1 Å². The standard InChI is InChI=1S/C18H16BrN3O3S/c19-13-5-7-14(8-6-13)26(23,24)18-17(22-9-11-25-12-10-22)20-15-3-1-2-4-16(15)21-18/h1-8H,9-12H2. The van der Waals surface area contributed by atoms with Gasteiger partial charge in [-0.05, 0) is 36.4 Å². The first-order valence-electron chi connectivity index (χ1n) is 8.16. The Morgan fingerprint density at radius 2 is 1.54 bits per heavy atom. The lowest BCUT2D eigenvalue weighted by Gasteiger charge is -2.29. The van der Waals surface area contributed by atoms with E-state index in [1.807, 2.05) is 23.1 Å². The Bertz CT molecular complexity index is 1050. The highest BCUT2D eigenvalue weighted by Gasteiger charge is 2.28. The van der Waals surface area contributed by atoms with Crippen molar-refractivity contribution in [2.75, 3.05) is 31.2 Å². The molecule has 0 atom stereocenters. The molecule has 0 radical (unpaired) electrons. The number of ether oxygens (including phenoxy) is 1. The summed E-state index contributed by atoms with van der Waals surface area (Å²) in [6.45, 7) is 2.23. The average molecular weight is 434 g/mol. The fraction of sp³-hybridized carbons (Fsp3) is 0.222. The second-order valence-electron chi connectivity index (χ2n) is 5.90. The smallest absolute Gasteiger partial charge is 0.227 e. The number of aromatic nitrogens is 2. The Morgan fingerprint density at radius 1 is 0.923 bits per heavy atom. The van der Waals surface area contributed by atoms with Crippen molar-refractivity contribution in [1.82, 2.24) is 9.97 Å². The maximum Gasteiger partial charge on any atom is 0.227 e. The zero-order chi connectivity index (χ0) is 18.1. The third-order valence-corrected chi connectivity index (χ3v) is 6.41. The molecule has 134 valence electrons. The lowest BCUT2D eigenvalue weighted by molar-refractivity contribution is 0.122. The SMILES string of the molecule is O=S(=O)(c1ccc(Br)cc1)c1nc2ccccc2nc1N1CCOCC1. The van der Waals surface area contributed by atoms with E-state index in [0.29, 0.717) is 43.2 Å². The number of para-hydroxylation sites is 2. The summed E-state index contributed by atoms with van der Waals surface area (Å²) >= 11 is 3.33. The molecule has 0 spiro atoms. The minimum Gasteiger partial charge on any atom is -0.378 e. The van der Waals surface area contributed by atoms with Crippen LogP contribution in [0.3, 0.4) is 0 Å². The van der Waals surface area contributed by atoms with Crippen LogP contribution >= 0.6 is 15.9 Å². The average Bonchev–Trinajstić information content (AvgIpc) is 2.68. The molecule has 2 aromatic carbocycles. The molecule has 0 N–H and O–H groups in total. The molecule has 1 aromatic heterocycles. The fourth-order valence-electron chi connectivity index (χ4n) is 2.86. The van der Waals surface area contributed by atoms with E-state index in [2.05, 4.69) is 25.9 Å². The van der Waals surface area contributed by atoms with Crippen molar-refractivity contribution in [2.24, 2.45) is 0 Å². The van der Waals surface area contributed by atoms with Crippen LogP contribution < -0.4 is 4.90 Å². The summed E-state index contributed by atoms with van der Waals surface area (Å²) in [5.41, 5.74) is 1.23. The van der Waals surface area contributed by atoms with E-state index in [1.54, 1.807) is 30.3 Å². The van der Waals surface area contributed by atoms with Crippen LogP contribution in [-0.4, -0.2) is 44.7 Å². The van der Waals surface area contributed by atoms with E-state index in [9.17, 15) is 8.42 Å². The van der Waals surface area contributed by atoms with Crippen LogP contribution in [0.2, 0.25) is 0 Å². The number of anilines is 1.